The van der Waals surface area contributed by atoms with Crippen molar-refractivity contribution in [3.8, 4) is 0 Å². The molecule has 1 aliphatic carbocycles. The van der Waals surface area contributed by atoms with Gasteiger partial charge in [0.1, 0.15) is 5.82 Å². The standard InChI is InChI=1S/C12H9BrFNO/c13-8-3-7-11(4-9(8)14)15-10(5-12(7)16)6-1-2-6/h3-6H,1-2H2,(H,15,16). The highest BCUT2D eigenvalue weighted by molar-refractivity contribution is 9.10. The lowest BCUT2D eigenvalue weighted by Gasteiger charge is -2.04. The molecule has 0 saturated heterocycles. The van der Waals surface area contributed by atoms with Gasteiger partial charge in [-0.05, 0) is 46.8 Å². The molecule has 0 radical (unpaired) electrons. The summed E-state index contributed by atoms with van der Waals surface area (Å²) in [6.45, 7) is 0. The van der Waals surface area contributed by atoms with Crippen LogP contribution in [0.3, 0.4) is 0 Å². The first-order valence-electron chi connectivity index (χ1n) is 5.17. The molecule has 1 heterocycles. The maximum atomic E-state index is 13.4. The first-order chi connectivity index (χ1) is 7.65. The van der Waals surface area contributed by atoms with E-state index < -0.39 is 0 Å². The predicted octanol–water partition coefficient (Wildman–Crippen LogP) is 3.31. The van der Waals surface area contributed by atoms with Gasteiger partial charge in [-0.1, -0.05) is 0 Å². The van der Waals surface area contributed by atoms with Crippen LogP contribution < -0.4 is 5.43 Å². The Morgan fingerprint density at radius 2 is 2.06 bits per heavy atom. The third kappa shape index (κ3) is 1.57. The molecular weight excluding hydrogens is 273 g/mol. The van der Waals surface area contributed by atoms with Gasteiger partial charge in [0.15, 0.2) is 5.43 Å². The minimum absolute atomic E-state index is 0.0450. The van der Waals surface area contributed by atoms with Crippen molar-refractivity contribution in [2.45, 2.75) is 18.8 Å². The van der Waals surface area contributed by atoms with Crippen molar-refractivity contribution in [1.29, 1.82) is 0 Å². The molecule has 1 saturated carbocycles. The lowest BCUT2D eigenvalue weighted by Crippen LogP contribution is -2.05. The second kappa shape index (κ2) is 3.42. The van der Waals surface area contributed by atoms with Crippen molar-refractivity contribution >= 4 is 26.8 Å². The van der Waals surface area contributed by atoms with Crippen LogP contribution in [-0.4, -0.2) is 4.98 Å². The minimum Gasteiger partial charge on any atom is -0.358 e. The molecule has 0 amide bonds. The van der Waals surface area contributed by atoms with E-state index in [-0.39, 0.29) is 11.2 Å². The SMILES string of the molecule is O=c1cc(C2CC2)[nH]c2cc(F)c(Br)cc12. The predicted molar refractivity (Wildman–Crippen MR) is 64.2 cm³/mol. The van der Waals surface area contributed by atoms with Gasteiger partial charge in [-0.2, -0.15) is 0 Å². The van der Waals surface area contributed by atoms with Crippen molar-refractivity contribution in [2.75, 3.05) is 0 Å². The zero-order valence-corrected chi connectivity index (χ0v) is 9.97. The number of H-pyrrole nitrogens is 1. The van der Waals surface area contributed by atoms with Crippen LogP contribution in [0.5, 0.6) is 0 Å². The topological polar surface area (TPSA) is 32.9 Å². The molecule has 2 nitrogen and oxygen atoms in total. The van der Waals surface area contributed by atoms with Gasteiger partial charge in [0.2, 0.25) is 0 Å². The highest BCUT2D eigenvalue weighted by atomic mass is 79.9. The number of fused-ring (bicyclic) bond motifs is 1. The summed E-state index contributed by atoms with van der Waals surface area (Å²) in [5.41, 5.74) is 1.46. The van der Waals surface area contributed by atoms with Gasteiger partial charge in [-0.3, -0.25) is 4.79 Å². The Hall–Kier alpha value is -1.16. The number of halogens is 2. The zero-order valence-electron chi connectivity index (χ0n) is 8.39. The van der Waals surface area contributed by atoms with E-state index in [1.165, 1.54) is 12.1 Å². The molecule has 1 N–H and O–H groups in total. The van der Waals surface area contributed by atoms with E-state index in [1.54, 1.807) is 6.07 Å². The van der Waals surface area contributed by atoms with E-state index in [2.05, 4.69) is 20.9 Å². The van der Waals surface area contributed by atoms with Crippen LogP contribution in [0.1, 0.15) is 24.5 Å². The molecule has 1 aromatic carbocycles. The third-order valence-electron chi connectivity index (χ3n) is 2.91. The van der Waals surface area contributed by atoms with Crippen LogP contribution in [0.25, 0.3) is 10.9 Å². The zero-order chi connectivity index (χ0) is 11.3. The Labute approximate surface area is 99.6 Å². The first kappa shape index (κ1) is 10.0. The second-order valence-corrected chi connectivity index (χ2v) is 5.03. The number of hydrogen-bond acceptors (Lipinski definition) is 1. The highest BCUT2D eigenvalue weighted by Gasteiger charge is 2.25. The van der Waals surface area contributed by atoms with Crippen molar-refractivity contribution in [3.05, 3.63) is 44.4 Å². The average Bonchev–Trinajstić information content (AvgIpc) is 3.04. The summed E-state index contributed by atoms with van der Waals surface area (Å²) in [4.78, 5) is 15.0. The number of rotatable bonds is 1. The molecule has 0 spiro atoms. The molecule has 0 aliphatic heterocycles. The van der Waals surface area contributed by atoms with E-state index in [0.29, 0.717) is 21.3 Å². The van der Waals surface area contributed by atoms with Gasteiger partial charge >= 0.3 is 0 Å². The fraction of sp³-hybridized carbons (Fsp3) is 0.250. The maximum Gasteiger partial charge on any atom is 0.189 e. The van der Waals surface area contributed by atoms with Gasteiger partial charge < -0.3 is 4.98 Å². The lowest BCUT2D eigenvalue weighted by molar-refractivity contribution is 0.622. The van der Waals surface area contributed by atoms with Gasteiger partial charge in [0.05, 0.1) is 9.99 Å². The Balaban J connectivity index is 2.33. The average molecular weight is 282 g/mol. The minimum atomic E-state index is -0.351. The summed E-state index contributed by atoms with van der Waals surface area (Å²) in [5, 5.41) is 0.526. The summed E-state index contributed by atoms with van der Waals surface area (Å²) in [7, 11) is 0. The Morgan fingerprint density at radius 3 is 2.75 bits per heavy atom. The van der Waals surface area contributed by atoms with Crippen LogP contribution in [0, 0.1) is 5.82 Å². The largest absolute Gasteiger partial charge is 0.358 e. The highest BCUT2D eigenvalue weighted by Crippen LogP contribution is 2.38. The van der Waals surface area contributed by atoms with Crippen LogP contribution in [0.4, 0.5) is 4.39 Å². The van der Waals surface area contributed by atoms with Crippen LogP contribution in [-0.2, 0) is 0 Å². The molecule has 2 aromatic rings. The van der Waals surface area contributed by atoms with Crippen molar-refractivity contribution < 1.29 is 4.39 Å². The number of hydrogen-bond donors (Lipinski definition) is 1. The lowest BCUT2D eigenvalue weighted by atomic mass is 10.1. The molecule has 1 fully saturated rings. The monoisotopic (exact) mass is 281 g/mol. The number of aromatic nitrogens is 1. The van der Waals surface area contributed by atoms with E-state index in [1.807, 2.05) is 0 Å². The number of nitrogens with one attached hydrogen (secondary N) is 1. The van der Waals surface area contributed by atoms with Crippen molar-refractivity contribution in [1.82, 2.24) is 4.98 Å². The van der Waals surface area contributed by atoms with Gasteiger partial charge in [0.25, 0.3) is 0 Å². The smallest absolute Gasteiger partial charge is 0.189 e. The Morgan fingerprint density at radius 1 is 1.31 bits per heavy atom. The van der Waals surface area contributed by atoms with Crippen LogP contribution >= 0.6 is 15.9 Å². The van der Waals surface area contributed by atoms with Gasteiger partial charge in [-0.15, -0.1) is 0 Å². The number of benzene rings is 1. The van der Waals surface area contributed by atoms with Crippen molar-refractivity contribution in [3.63, 3.8) is 0 Å². The first-order valence-corrected chi connectivity index (χ1v) is 5.96. The third-order valence-corrected chi connectivity index (χ3v) is 3.52. The summed E-state index contributed by atoms with van der Waals surface area (Å²) in [5.74, 6) is 0.111. The van der Waals surface area contributed by atoms with E-state index in [9.17, 15) is 9.18 Å². The second-order valence-electron chi connectivity index (χ2n) is 4.18. The fourth-order valence-corrected chi connectivity index (χ4v) is 2.22. The molecule has 1 aliphatic rings. The van der Waals surface area contributed by atoms with Crippen molar-refractivity contribution in [2.24, 2.45) is 0 Å². The fourth-order valence-electron chi connectivity index (χ4n) is 1.88. The van der Waals surface area contributed by atoms with Gasteiger partial charge in [-0.25, -0.2) is 4.39 Å². The number of aromatic amines is 1. The molecule has 16 heavy (non-hydrogen) atoms. The summed E-state index contributed by atoms with van der Waals surface area (Å²) in [6.07, 6.45) is 2.22. The molecule has 0 unspecified atom stereocenters. The molecule has 0 atom stereocenters. The summed E-state index contributed by atoms with van der Waals surface area (Å²) < 4.78 is 13.7. The van der Waals surface area contributed by atoms with Crippen LogP contribution in [0.2, 0.25) is 0 Å². The van der Waals surface area contributed by atoms with E-state index in [4.69, 9.17) is 0 Å². The summed E-state index contributed by atoms with van der Waals surface area (Å²) >= 11 is 3.08. The molecule has 3 rings (SSSR count). The summed E-state index contributed by atoms with van der Waals surface area (Å²) in [6, 6.07) is 4.53. The maximum absolute atomic E-state index is 13.4. The Bertz CT molecular complexity index is 631. The molecule has 0 bridgehead atoms. The van der Waals surface area contributed by atoms with Crippen LogP contribution in [0.15, 0.2) is 27.5 Å². The van der Waals surface area contributed by atoms with E-state index in [0.717, 1.165) is 18.5 Å². The quantitative estimate of drug-likeness (QED) is 0.855. The number of pyridine rings is 1. The Kier molecular flexibility index (Phi) is 2.14. The molecule has 82 valence electrons. The molecule has 1 aromatic heterocycles. The van der Waals surface area contributed by atoms with Gasteiger partial charge in [0, 0.05) is 17.1 Å². The molecular formula is C12H9BrFNO. The molecule has 4 heteroatoms. The normalized spacial score (nSPS) is 15.6. The van der Waals surface area contributed by atoms with E-state index >= 15 is 0 Å².